The third-order valence-electron chi connectivity index (χ3n) is 3.80. The molecule has 6 nitrogen and oxygen atoms in total. The molecule has 0 aliphatic rings. The number of aryl methyl sites for hydroxylation is 1. The SMILES string of the molecule is CC(CCC(F)F)=Nc1ccc(-c2ccn3nc(N)ncc23)nc1C. The van der Waals surface area contributed by atoms with Crippen molar-refractivity contribution in [1.82, 2.24) is 19.6 Å². The lowest BCUT2D eigenvalue weighted by molar-refractivity contribution is 0.140. The largest absolute Gasteiger partial charge is 0.367 e. The van der Waals surface area contributed by atoms with Crippen LogP contribution >= 0.6 is 0 Å². The van der Waals surface area contributed by atoms with Crippen LogP contribution in [0.15, 0.2) is 35.6 Å². The molecule has 0 saturated carbocycles. The summed E-state index contributed by atoms with van der Waals surface area (Å²) in [7, 11) is 0. The van der Waals surface area contributed by atoms with Gasteiger partial charge in [0.2, 0.25) is 12.4 Å². The van der Waals surface area contributed by atoms with E-state index >= 15 is 0 Å². The summed E-state index contributed by atoms with van der Waals surface area (Å²) in [5.41, 5.74) is 10.1. The van der Waals surface area contributed by atoms with Crippen molar-refractivity contribution >= 4 is 22.9 Å². The van der Waals surface area contributed by atoms with Gasteiger partial charge in [0.25, 0.3) is 0 Å². The van der Waals surface area contributed by atoms with Gasteiger partial charge in [-0.25, -0.2) is 18.3 Å². The number of aliphatic imine (C=N–C) groups is 1. The zero-order chi connectivity index (χ0) is 18.0. The van der Waals surface area contributed by atoms with Crippen LogP contribution in [0.3, 0.4) is 0 Å². The minimum Gasteiger partial charge on any atom is -0.367 e. The smallest absolute Gasteiger partial charge is 0.239 e. The Labute approximate surface area is 143 Å². The number of nitrogens with zero attached hydrogens (tertiary/aromatic N) is 5. The van der Waals surface area contributed by atoms with Crippen molar-refractivity contribution in [3.05, 3.63) is 36.3 Å². The summed E-state index contributed by atoms with van der Waals surface area (Å²) in [6, 6.07) is 5.57. The van der Waals surface area contributed by atoms with Crippen LogP contribution in [0.4, 0.5) is 20.4 Å². The van der Waals surface area contributed by atoms with E-state index in [1.807, 2.05) is 25.1 Å². The van der Waals surface area contributed by atoms with Gasteiger partial charge in [-0.15, -0.1) is 5.10 Å². The predicted molar refractivity (Wildman–Crippen MR) is 93.4 cm³/mol. The number of aromatic nitrogens is 4. The van der Waals surface area contributed by atoms with Gasteiger partial charge in [0, 0.05) is 23.9 Å². The highest BCUT2D eigenvalue weighted by Gasteiger charge is 2.10. The minimum absolute atomic E-state index is 0.181. The van der Waals surface area contributed by atoms with E-state index < -0.39 is 6.43 Å². The lowest BCUT2D eigenvalue weighted by atomic mass is 10.1. The Hall–Kier alpha value is -2.90. The van der Waals surface area contributed by atoms with Gasteiger partial charge in [-0.05, 0) is 38.5 Å². The number of nitrogens with two attached hydrogens (primary N) is 1. The molecule has 0 unspecified atom stereocenters. The van der Waals surface area contributed by atoms with Crippen LogP contribution in [0.1, 0.15) is 25.5 Å². The van der Waals surface area contributed by atoms with Crippen molar-refractivity contribution < 1.29 is 8.78 Å². The average molecular weight is 344 g/mol. The summed E-state index contributed by atoms with van der Waals surface area (Å²) in [6.07, 6.45) is 1.21. The topological polar surface area (TPSA) is 81.5 Å². The fourth-order valence-corrected chi connectivity index (χ4v) is 2.53. The Kier molecular flexibility index (Phi) is 4.69. The summed E-state index contributed by atoms with van der Waals surface area (Å²) in [5, 5.41) is 4.11. The van der Waals surface area contributed by atoms with Crippen LogP contribution < -0.4 is 5.73 Å². The van der Waals surface area contributed by atoms with Crippen molar-refractivity contribution in [2.75, 3.05) is 5.73 Å². The lowest BCUT2D eigenvalue weighted by Crippen LogP contribution is -1.99. The molecule has 0 amide bonds. The fraction of sp³-hybridized carbons (Fsp3) is 0.294. The fourth-order valence-electron chi connectivity index (χ4n) is 2.53. The second-order valence-electron chi connectivity index (χ2n) is 5.75. The molecule has 0 bridgehead atoms. The van der Waals surface area contributed by atoms with Crippen LogP contribution in [0.2, 0.25) is 0 Å². The van der Waals surface area contributed by atoms with Crippen LogP contribution in [0.5, 0.6) is 0 Å². The van der Waals surface area contributed by atoms with Crippen molar-refractivity contribution in [3.8, 4) is 11.3 Å². The minimum atomic E-state index is -2.31. The maximum Gasteiger partial charge on any atom is 0.239 e. The number of alkyl halides is 2. The van der Waals surface area contributed by atoms with Crippen molar-refractivity contribution in [2.45, 2.75) is 33.1 Å². The van der Waals surface area contributed by atoms with E-state index in [0.717, 1.165) is 22.5 Å². The van der Waals surface area contributed by atoms with Crippen LogP contribution in [0, 0.1) is 6.92 Å². The molecule has 3 aromatic heterocycles. The monoisotopic (exact) mass is 344 g/mol. The molecule has 25 heavy (non-hydrogen) atoms. The van der Waals surface area contributed by atoms with Crippen molar-refractivity contribution in [3.63, 3.8) is 0 Å². The maximum absolute atomic E-state index is 12.3. The molecule has 0 atom stereocenters. The second-order valence-corrected chi connectivity index (χ2v) is 5.75. The van der Waals surface area contributed by atoms with Gasteiger partial charge in [-0.2, -0.15) is 0 Å². The summed E-state index contributed by atoms with van der Waals surface area (Å²) < 4.78 is 26.2. The van der Waals surface area contributed by atoms with Crippen molar-refractivity contribution in [2.24, 2.45) is 4.99 Å². The number of hydrogen-bond donors (Lipinski definition) is 1. The molecule has 0 aliphatic carbocycles. The first-order chi connectivity index (χ1) is 11.9. The highest BCUT2D eigenvalue weighted by Crippen LogP contribution is 2.27. The summed E-state index contributed by atoms with van der Waals surface area (Å²) in [4.78, 5) is 13.0. The molecule has 3 aromatic rings. The quantitative estimate of drug-likeness (QED) is 0.713. The van der Waals surface area contributed by atoms with E-state index in [0.29, 0.717) is 11.4 Å². The number of hydrogen-bond acceptors (Lipinski definition) is 5. The normalized spacial score (nSPS) is 12.3. The van der Waals surface area contributed by atoms with E-state index in [4.69, 9.17) is 5.73 Å². The molecular weight excluding hydrogens is 326 g/mol. The standard InChI is InChI=1S/C17H18F2N6/c1-10(3-6-16(18)19)22-13-4-5-14(23-11(13)2)12-7-8-25-15(12)9-21-17(20)24-25/h4-5,7-9,16H,3,6H2,1-2H3,(H2,20,24). The molecule has 0 fully saturated rings. The van der Waals surface area contributed by atoms with Gasteiger partial charge in [-0.1, -0.05) is 0 Å². The summed E-state index contributed by atoms with van der Waals surface area (Å²) in [5.74, 6) is 0.197. The third-order valence-corrected chi connectivity index (χ3v) is 3.80. The highest BCUT2D eigenvalue weighted by molar-refractivity contribution is 5.85. The molecule has 0 saturated heterocycles. The number of rotatable bonds is 5. The maximum atomic E-state index is 12.3. The van der Waals surface area contributed by atoms with E-state index in [1.165, 1.54) is 0 Å². The molecule has 0 aliphatic heterocycles. The van der Waals surface area contributed by atoms with E-state index in [9.17, 15) is 8.78 Å². The highest BCUT2D eigenvalue weighted by atomic mass is 19.3. The molecule has 0 aromatic carbocycles. The molecule has 0 spiro atoms. The molecule has 3 rings (SSSR count). The number of halogens is 2. The van der Waals surface area contributed by atoms with E-state index in [-0.39, 0.29) is 18.8 Å². The molecular formula is C17H18F2N6. The second kappa shape index (κ2) is 6.92. The third kappa shape index (κ3) is 3.78. The van der Waals surface area contributed by atoms with E-state index in [2.05, 4.69) is 20.1 Å². The Balaban J connectivity index is 1.90. The Morgan fingerprint density at radius 2 is 2.12 bits per heavy atom. The van der Waals surface area contributed by atoms with Gasteiger partial charge in [-0.3, -0.25) is 9.98 Å². The molecule has 0 radical (unpaired) electrons. The zero-order valence-electron chi connectivity index (χ0n) is 13.9. The number of pyridine rings is 1. The van der Waals surface area contributed by atoms with Gasteiger partial charge in [0.15, 0.2) is 0 Å². The van der Waals surface area contributed by atoms with Gasteiger partial charge >= 0.3 is 0 Å². The van der Waals surface area contributed by atoms with Crippen molar-refractivity contribution in [1.29, 1.82) is 0 Å². The number of nitrogen functional groups attached to an aromatic ring is 1. The molecule has 130 valence electrons. The Morgan fingerprint density at radius 1 is 1.32 bits per heavy atom. The van der Waals surface area contributed by atoms with Gasteiger partial charge in [0.05, 0.1) is 28.8 Å². The summed E-state index contributed by atoms with van der Waals surface area (Å²) >= 11 is 0. The lowest BCUT2D eigenvalue weighted by Gasteiger charge is -2.06. The molecule has 3 heterocycles. The Morgan fingerprint density at radius 3 is 2.84 bits per heavy atom. The first-order valence-electron chi connectivity index (χ1n) is 7.84. The number of anilines is 1. The first kappa shape index (κ1) is 16.9. The first-order valence-corrected chi connectivity index (χ1v) is 7.84. The van der Waals surface area contributed by atoms with Gasteiger partial charge in [0.1, 0.15) is 0 Å². The predicted octanol–water partition coefficient (Wildman–Crippen LogP) is 3.82. The molecule has 8 heteroatoms. The summed E-state index contributed by atoms with van der Waals surface area (Å²) in [6.45, 7) is 3.59. The number of fused-ring (bicyclic) bond motifs is 1. The van der Waals surface area contributed by atoms with E-state index in [1.54, 1.807) is 23.8 Å². The van der Waals surface area contributed by atoms with Crippen LogP contribution in [-0.4, -0.2) is 31.7 Å². The van der Waals surface area contributed by atoms with Gasteiger partial charge < -0.3 is 5.73 Å². The molecule has 2 N–H and O–H groups in total. The zero-order valence-corrected chi connectivity index (χ0v) is 13.9. The van der Waals surface area contributed by atoms with Crippen LogP contribution in [-0.2, 0) is 0 Å². The Bertz CT molecular complexity index is 932. The average Bonchev–Trinajstić information content (AvgIpc) is 2.97. The van der Waals surface area contributed by atoms with Crippen LogP contribution in [0.25, 0.3) is 16.8 Å².